The van der Waals surface area contributed by atoms with Crippen LogP contribution in [0.3, 0.4) is 0 Å². The van der Waals surface area contributed by atoms with Crippen molar-refractivity contribution in [3.05, 3.63) is 95.6 Å². The molecule has 0 spiro atoms. The predicted molar refractivity (Wildman–Crippen MR) is 138 cm³/mol. The summed E-state index contributed by atoms with van der Waals surface area (Å²) in [4.78, 5) is 40.7. The largest absolute Gasteiger partial charge is 0.443 e. The monoisotopic (exact) mass is 482 g/mol. The molecular weight excluding hydrogens is 452 g/mol. The maximum absolute atomic E-state index is 14.1. The van der Waals surface area contributed by atoms with E-state index in [0.717, 1.165) is 33.5 Å². The molecule has 7 heteroatoms. The molecular formula is C29H30N4O3. The number of amides is 2. The first kappa shape index (κ1) is 23.7. The molecule has 1 aliphatic rings. The van der Waals surface area contributed by atoms with Gasteiger partial charge in [-0.15, -0.1) is 0 Å². The quantitative estimate of drug-likeness (QED) is 0.423. The van der Waals surface area contributed by atoms with Crippen molar-refractivity contribution in [3.63, 3.8) is 0 Å². The molecule has 4 aromatic rings. The second kappa shape index (κ2) is 9.22. The number of imidazole rings is 1. The van der Waals surface area contributed by atoms with Gasteiger partial charge in [0.2, 0.25) is 5.91 Å². The highest BCUT2D eigenvalue weighted by Crippen LogP contribution is 2.42. The SMILES string of the molecule is CC(C)(C)OC(=O)N1CCC(Cc2ccncc2)(c2cccc3nc(Cc4ccccc4)[nH]c23)C1=O. The molecule has 0 radical (unpaired) electrons. The Bertz CT molecular complexity index is 1390. The third-order valence-electron chi connectivity index (χ3n) is 6.58. The minimum Gasteiger partial charge on any atom is -0.443 e. The Balaban J connectivity index is 1.58. The highest BCUT2D eigenvalue weighted by Gasteiger charge is 2.51. The molecule has 1 saturated heterocycles. The highest BCUT2D eigenvalue weighted by molar-refractivity contribution is 6.03. The number of benzene rings is 2. The number of hydrogen-bond donors (Lipinski definition) is 1. The van der Waals surface area contributed by atoms with Crippen molar-refractivity contribution in [2.24, 2.45) is 0 Å². The molecule has 5 rings (SSSR count). The summed E-state index contributed by atoms with van der Waals surface area (Å²) in [6.45, 7) is 5.69. The number of carbonyl (C=O) groups excluding carboxylic acids is 2. The summed E-state index contributed by atoms with van der Waals surface area (Å²) in [6.07, 6.45) is 4.43. The number of nitrogens with zero attached hydrogens (tertiary/aromatic N) is 3. The zero-order valence-electron chi connectivity index (χ0n) is 20.8. The molecule has 0 bridgehead atoms. The van der Waals surface area contributed by atoms with Crippen molar-refractivity contribution in [3.8, 4) is 0 Å². The Morgan fingerprint density at radius 1 is 1.03 bits per heavy atom. The molecule has 7 nitrogen and oxygen atoms in total. The Labute approximate surface area is 210 Å². The predicted octanol–water partition coefficient (Wildman–Crippen LogP) is 5.20. The van der Waals surface area contributed by atoms with Crippen LogP contribution in [-0.2, 0) is 27.8 Å². The molecule has 0 saturated carbocycles. The van der Waals surface area contributed by atoms with Crippen LogP contribution in [-0.4, -0.2) is 44.0 Å². The zero-order chi connectivity index (χ0) is 25.3. The van der Waals surface area contributed by atoms with Gasteiger partial charge >= 0.3 is 6.09 Å². The number of carbonyl (C=O) groups is 2. The van der Waals surface area contributed by atoms with Gasteiger partial charge in [-0.2, -0.15) is 0 Å². The smallest absolute Gasteiger partial charge is 0.417 e. The van der Waals surface area contributed by atoms with Crippen molar-refractivity contribution in [2.45, 2.75) is 51.0 Å². The second-order valence-corrected chi connectivity index (χ2v) is 10.3. The average Bonchev–Trinajstić information content (AvgIpc) is 3.40. The van der Waals surface area contributed by atoms with Crippen LogP contribution in [0.5, 0.6) is 0 Å². The molecule has 3 heterocycles. The summed E-state index contributed by atoms with van der Waals surface area (Å²) in [6, 6.07) is 19.8. The summed E-state index contributed by atoms with van der Waals surface area (Å²) < 4.78 is 5.57. The molecule has 2 amide bonds. The van der Waals surface area contributed by atoms with E-state index in [1.165, 1.54) is 4.90 Å². The fraction of sp³-hybridized carbons (Fsp3) is 0.310. The number of para-hydroxylation sites is 1. The zero-order valence-corrected chi connectivity index (χ0v) is 20.8. The minimum atomic E-state index is -0.936. The van der Waals surface area contributed by atoms with Gasteiger partial charge in [0.1, 0.15) is 11.4 Å². The summed E-state index contributed by atoms with van der Waals surface area (Å²) in [5.74, 6) is 0.581. The normalized spacial score (nSPS) is 18.1. The maximum Gasteiger partial charge on any atom is 0.417 e. The van der Waals surface area contributed by atoms with Crippen LogP contribution in [0.25, 0.3) is 11.0 Å². The van der Waals surface area contributed by atoms with Gasteiger partial charge in [0.05, 0.1) is 16.4 Å². The van der Waals surface area contributed by atoms with E-state index in [1.54, 1.807) is 33.2 Å². The van der Waals surface area contributed by atoms with Crippen LogP contribution in [0.15, 0.2) is 73.1 Å². The number of aromatic amines is 1. The molecule has 184 valence electrons. The molecule has 2 aromatic carbocycles. The molecule has 1 atom stereocenters. The third kappa shape index (κ3) is 4.61. The van der Waals surface area contributed by atoms with Crippen LogP contribution in [0.1, 0.15) is 49.7 Å². The number of rotatable bonds is 5. The summed E-state index contributed by atoms with van der Waals surface area (Å²) >= 11 is 0. The van der Waals surface area contributed by atoms with Crippen LogP contribution in [0.4, 0.5) is 4.79 Å². The lowest BCUT2D eigenvalue weighted by atomic mass is 9.74. The van der Waals surface area contributed by atoms with E-state index in [9.17, 15) is 9.59 Å². The van der Waals surface area contributed by atoms with Crippen molar-refractivity contribution >= 4 is 23.0 Å². The van der Waals surface area contributed by atoms with E-state index in [1.807, 2.05) is 48.5 Å². The lowest BCUT2D eigenvalue weighted by Gasteiger charge is -2.29. The Hall–Kier alpha value is -4.00. The fourth-order valence-corrected chi connectivity index (χ4v) is 4.97. The standard InChI is InChI=1S/C29H30N4O3/c1-28(2,3)36-27(35)33-17-14-29(26(33)34,19-21-12-15-30-16-13-21)22-10-7-11-23-25(22)32-24(31-23)18-20-8-5-4-6-9-20/h4-13,15-16H,14,17-19H2,1-3H3,(H,31,32). The van der Waals surface area contributed by atoms with Crippen molar-refractivity contribution in [2.75, 3.05) is 6.54 Å². The van der Waals surface area contributed by atoms with Crippen LogP contribution >= 0.6 is 0 Å². The molecule has 1 aliphatic heterocycles. The van der Waals surface area contributed by atoms with Gasteiger partial charge in [-0.25, -0.2) is 14.7 Å². The van der Waals surface area contributed by atoms with E-state index in [2.05, 4.69) is 22.1 Å². The topological polar surface area (TPSA) is 88.2 Å². The van der Waals surface area contributed by atoms with Gasteiger partial charge in [0, 0.05) is 25.4 Å². The molecule has 0 aliphatic carbocycles. The van der Waals surface area contributed by atoms with Gasteiger partial charge in [-0.05, 0) is 68.5 Å². The maximum atomic E-state index is 14.1. The van der Waals surface area contributed by atoms with E-state index in [-0.39, 0.29) is 5.91 Å². The first-order chi connectivity index (χ1) is 17.2. The number of fused-ring (bicyclic) bond motifs is 1. The Morgan fingerprint density at radius 3 is 2.50 bits per heavy atom. The minimum absolute atomic E-state index is 0.250. The van der Waals surface area contributed by atoms with Crippen molar-refractivity contribution in [1.82, 2.24) is 19.9 Å². The van der Waals surface area contributed by atoms with E-state index in [0.29, 0.717) is 25.8 Å². The number of pyridine rings is 1. The molecule has 1 fully saturated rings. The third-order valence-corrected chi connectivity index (χ3v) is 6.58. The summed E-state index contributed by atoms with van der Waals surface area (Å²) in [5.41, 5.74) is 2.98. The number of nitrogens with one attached hydrogen (secondary N) is 1. The number of likely N-dealkylation sites (tertiary alicyclic amines) is 1. The van der Waals surface area contributed by atoms with Crippen molar-refractivity contribution in [1.29, 1.82) is 0 Å². The first-order valence-corrected chi connectivity index (χ1v) is 12.2. The van der Waals surface area contributed by atoms with Gasteiger partial charge in [-0.1, -0.05) is 42.5 Å². The van der Waals surface area contributed by atoms with Gasteiger partial charge < -0.3 is 9.72 Å². The van der Waals surface area contributed by atoms with Crippen LogP contribution in [0.2, 0.25) is 0 Å². The van der Waals surface area contributed by atoms with Crippen LogP contribution in [0, 0.1) is 0 Å². The van der Waals surface area contributed by atoms with Crippen molar-refractivity contribution < 1.29 is 14.3 Å². The number of imide groups is 1. The van der Waals surface area contributed by atoms with E-state index >= 15 is 0 Å². The first-order valence-electron chi connectivity index (χ1n) is 12.2. The fourth-order valence-electron chi connectivity index (χ4n) is 4.97. The lowest BCUT2D eigenvalue weighted by molar-refractivity contribution is -0.131. The highest BCUT2D eigenvalue weighted by atomic mass is 16.6. The lowest BCUT2D eigenvalue weighted by Crippen LogP contribution is -2.44. The Morgan fingerprint density at radius 2 is 1.78 bits per heavy atom. The van der Waals surface area contributed by atoms with Gasteiger partial charge in [-0.3, -0.25) is 9.78 Å². The number of hydrogen-bond acceptors (Lipinski definition) is 5. The van der Waals surface area contributed by atoms with Crippen LogP contribution < -0.4 is 0 Å². The number of H-pyrrole nitrogens is 1. The van der Waals surface area contributed by atoms with Gasteiger partial charge in [0.25, 0.3) is 0 Å². The average molecular weight is 483 g/mol. The molecule has 36 heavy (non-hydrogen) atoms. The number of aromatic nitrogens is 3. The Kier molecular flexibility index (Phi) is 6.08. The number of ether oxygens (including phenoxy) is 1. The summed E-state index contributed by atoms with van der Waals surface area (Å²) in [7, 11) is 0. The van der Waals surface area contributed by atoms with E-state index in [4.69, 9.17) is 9.72 Å². The molecule has 1 unspecified atom stereocenters. The molecule has 1 N–H and O–H groups in total. The summed E-state index contributed by atoms with van der Waals surface area (Å²) in [5, 5.41) is 0. The van der Waals surface area contributed by atoms with Gasteiger partial charge in [0.15, 0.2) is 0 Å². The second-order valence-electron chi connectivity index (χ2n) is 10.3. The van der Waals surface area contributed by atoms with E-state index < -0.39 is 17.1 Å². The molecule has 2 aromatic heterocycles.